The lowest BCUT2D eigenvalue weighted by molar-refractivity contribution is 0.586. The number of rotatable bonds is 1. The number of para-hydroxylation sites is 1. The molecule has 0 bridgehead atoms. The Hall–Kier alpha value is -1.50. The summed E-state index contributed by atoms with van der Waals surface area (Å²) in [6.07, 6.45) is 3.27. The zero-order valence-corrected chi connectivity index (χ0v) is 9.03. The first-order chi connectivity index (χ1) is 7.24. The summed E-state index contributed by atoms with van der Waals surface area (Å²) in [7, 11) is 0. The van der Waals surface area contributed by atoms with Crippen LogP contribution in [0, 0.1) is 0 Å². The molecule has 1 atom stereocenters. The average Bonchev–Trinajstić information content (AvgIpc) is 2.78. The number of hydrogen-bond donors (Lipinski definition) is 0. The number of aryl methyl sites for hydroxylation is 1. The lowest BCUT2D eigenvalue weighted by atomic mass is 9.86. The molecule has 1 unspecified atom stereocenters. The molecule has 0 radical (unpaired) electrons. The normalized spacial score (nSPS) is 24.3. The first-order valence-electron chi connectivity index (χ1n) is 5.47. The van der Waals surface area contributed by atoms with Gasteiger partial charge in [-0.05, 0) is 23.9 Å². The van der Waals surface area contributed by atoms with Gasteiger partial charge in [0.25, 0.3) is 0 Å². The molecule has 1 aliphatic rings. The Morgan fingerprint density at radius 3 is 3.00 bits per heavy atom. The minimum Gasteiger partial charge on any atom is -0.344 e. The number of allylic oxidation sites excluding steroid dienone is 1. The van der Waals surface area contributed by atoms with Crippen molar-refractivity contribution >= 4 is 10.9 Å². The summed E-state index contributed by atoms with van der Waals surface area (Å²) in [6.45, 7) is 7.36. The predicted octanol–water partition coefficient (Wildman–Crippen LogP) is 3.49. The molecule has 0 spiro atoms. The Morgan fingerprint density at radius 2 is 2.20 bits per heavy atom. The van der Waals surface area contributed by atoms with Gasteiger partial charge in [-0.25, -0.2) is 0 Å². The molecule has 3 rings (SSSR count). The van der Waals surface area contributed by atoms with Crippen molar-refractivity contribution in [3.05, 3.63) is 48.7 Å². The maximum Gasteiger partial charge on any atom is 0.0482 e. The lowest BCUT2D eigenvalue weighted by Gasteiger charge is -2.17. The Morgan fingerprint density at radius 1 is 1.40 bits per heavy atom. The van der Waals surface area contributed by atoms with E-state index in [4.69, 9.17) is 0 Å². The van der Waals surface area contributed by atoms with Gasteiger partial charge in [-0.15, -0.1) is 6.58 Å². The van der Waals surface area contributed by atoms with Crippen LogP contribution in [-0.4, -0.2) is 4.57 Å². The van der Waals surface area contributed by atoms with E-state index in [1.165, 1.54) is 23.0 Å². The molecular formula is C14H15N. The second kappa shape index (κ2) is 2.75. The molecule has 15 heavy (non-hydrogen) atoms. The van der Waals surface area contributed by atoms with Gasteiger partial charge in [0, 0.05) is 23.2 Å². The van der Waals surface area contributed by atoms with E-state index in [1.54, 1.807) is 0 Å². The van der Waals surface area contributed by atoms with Gasteiger partial charge in [-0.1, -0.05) is 31.2 Å². The number of hydrogen-bond acceptors (Lipinski definition) is 0. The quantitative estimate of drug-likeness (QED) is 0.617. The van der Waals surface area contributed by atoms with Gasteiger partial charge < -0.3 is 4.57 Å². The maximum atomic E-state index is 3.97. The van der Waals surface area contributed by atoms with Crippen molar-refractivity contribution in [1.82, 2.24) is 4.57 Å². The van der Waals surface area contributed by atoms with Gasteiger partial charge in [0.1, 0.15) is 0 Å². The summed E-state index contributed by atoms with van der Waals surface area (Å²) in [4.78, 5) is 0. The number of fused-ring (bicyclic) bond motifs is 3. The van der Waals surface area contributed by atoms with E-state index in [0.717, 1.165) is 6.54 Å². The molecular weight excluding hydrogens is 182 g/mol. The van der Waals surface area contributed by atoms with Gasteiger partial charge in [0.05, 0.1) is 0 Å². The maximum absolute atomic E-state index is 3.97. The Labute approximate surface area is 90.0 Å². The number of nitrogens with zero attached hydrogens (tertiary/aromatic N) is 1. The average molecular weight is 197 g/mol. The van der Waals surface area contributed by atoms with Crippen LogP contribution >= 0.6 is 0 Å². The second-order valence-corrected chi connectivity index (χ2v) is 4.61. The standard InChI is InChI=1S/C14H15N/c1-3-14(2)8-9-15-12-7-5-4-6-11(12)10-13(14)15/h3-7,10H,1,8-9H2,2H3. The first kappa shape index (κ1) is 8.78. The Bertz CT molecular complexity index is 535. The number of aromatic nitrogens is 1. The molecule has 0 N–H and O–H groups in total. The van der Waals surface area contributed by atoms with Crippen molar-refractivity contribution in [2.75, 3.05) is 0 Å². The smallest absolute Gasteiger partial charge is 0.0482 e. The molecule has 1 aromatic carbocycles. The largest absolute Gasteiger partial charge is 0.344 e. The minimum absolute atomic E-state index is 0.166. The van der Waals surface area contributed by atoms with Crippen molar-refractivity contribution in [1.29, 1.82) is 0 Å². The zero-order chi connectivity index (χ0) is 10.5. The van der Waals surface area contributed by atoms with E-state index in [2.05, 4.69) is 54.5 Å². The third-order valence-corrected chi connectivity index (χ3v) is 3.70. The Balaban J connectivity index is 2.34. The summed E-state index contributed by atoms with van der Waals surface area (Å²) in [5.41, 5.74) is 2.94. The fraction of sp³-hybridized carbons (Fsp3) is 0.286. The molecule has 1 aliphatic heterocycles. The molecule has 0 fully saturated rings. The van der Waals surface area contributed by atoms with Crippen molar-refractivity contribution < 1.29 is 0 Å². The van der Waals surface area contributed by atoms with Crippen LogP contribution in [0.1, 0.15) is 19.0 Å². The van der Waals surface area contributed by atoms with Gasteiger partial charge in [0.15, 0.2) is 0 Å². The summed E-state index contributed by atoms with van der Waals surface area (Å²) < 4.78 is 2.43. The molecule has 0 aliphatic carbocycles. The lowest BCUT2D eigenvalue weighted by Crippen LogP contribution is -2.13. The highest BCUT2D eigenvalue weighted by Crippen LogP contribution is 2.39. The highest BCUT2D eigenvalue weighted by atomic mass is 15.0. The highest BCUT2D eigenvalue weighted by Gasteiger charge is 2.32. The molecule has 1 aromatic heterocycles. The molecule has 76 valence electrons. The second-order valence-electron chi connectivity index (χ2n) is 4.61. The van der Waals surface area contributed by atoms with E-state index in [0.29, 0.717) is 0 Å². The fourth-order valence-electron chi connectivity index (χ4n) is 2.60. The van der Waals surface area contributed by atoms with Crippen molar-refractivity contribution in [2.45, 2.75) is 25.3 Å². The van der Waals surface area contributed by atoms with Crippen molar-refractivity contribution in [3.63, 3.8) is 0 Å². The molecule has 2 heterocycles. The minimum atomic E-state index is 0.166. The molecule has 2 aromatic rings. The van der Waals surface area contributed by atoms with Gasteiger partial charge >= 0.3 is 0 Å². The van der Waals surface area contributed by atoms with E-state index in [1.807, 2.05) is 0 Å². The molecule has 1 nitrogen and oxygen atoms in total. The molecule has 0 saturated heterocycles. The third kappa shape index (κ3) is 1.03. The SMILES string of the molecule is C=CC1(C)CCn2c1cc1ccccc12. The summed E-state index contributed by atoms with van der Waals surface area (Å²) in [6, 6.07) is 10.9. The molecule has 0 saturated carbocycles. The van der Waals surface area contributed by atoms with Crippen LogP contribution in [0.3, 0.4) is 0 Å². The van der Waals surface area contributed by atoms with Crippen LogP contribution in [0.5, 0.6) is 0 Å². The van der Waals surface area contributed by atoms with Gasteiger partial charge in [-0.2, -0.15) is 0 Å². The Kier molecular flexibility index (Phi) is 1.61. The topological polar surface area (TPSA) is 4.93 Å². The highest BCUT2D eigenvalue weighted by molar-refractivity contribution is 5.82. The van der Waals surface area contributed by atoms with Gasteiger partial charge in [-0.3, -0.25) is 0 Å². The predicted molar refractivity (Wildman–Crippen MR) is 64.1 cm³/mol. The van der Waals surface area contributed by atoms with E-state index in [9.17, 15) is 0 Å². The van der Waals surface area contributed by atoms with Crippen LogP contribution in [0.4, 0.5) is 0 Å². The van der Waals surface area contributed by atoms with Crippen LogP contribution < -0.4 is 0 Å². The van der Waals surface area contributed by atoms with Gasteiger partial charge in [0.2, 0.25) is 0 Å². The van der Waals surface area contributed by atoms with Crippen LogP contribution in [-0.2, 0) is 12.0 Å². The zero-order valence-electron chi connectivity index (χ0n) is 9.03. The van der Waals surface area contributed by atoms with Crippen LogP contribution in [0.2, 0.25) is 0 Å². The van der Waals surface area contributed by atoms with Crippen LogP contribution in [0.25, 0.3) is 10.9 Å². The molecule has 0 amide bonds. The first-order valence-corrected chi connectivity index (χ1v) is 5.47. The summed E-state index contributed by atoms with van der Waals surface area (Å²) in [5, 5.41) is 1.35. The number of benzene rings is 1. The van der Waals surface area contributed by atoms with E-state index >= 15 is 0 Å². The van der Waals surface area contributed by atoms with E-state index in [-0.39, 0.29) is 5.41 Å². The summed E-state index contributed by atoms with van der Waals surface area (Å²) in [5.74, 6) is 0. The van der Waals surface area contributed by atoms with Crippen LogP contribution in [0.15, 0.2) is 43.0 Å². The van der Waals surface area contributed by atoms with Crippen molar-refractivity contribution in [3.8, 4) is 0 Å². The molecule has 1 heteroatoms. The summed E-state index contributed by atoms with van der Waals surface area (Å²) >= 11 is 0. The fourth-order valence-corrected chi connectivity index (χ4v) is 2.60. The monoisotopic (exact) mass is 197 g/mol. The van der Waals surface area contributed by atoms with E-state index < -0.39 is 0 Å². The third-order valence-electron chi connectivity index (χ3n) is 3.70. The van der Waals surface area contributed by atoms with Crippen molar-refractivity contribution in [2.24, 2.45) is 0 Å².